The molecule has 13 nitrogen and oxygen atoms in total. The third kappa shape index (κ3) is 14.8. The van der Waals surface area contributed by atoms with Crippen LogP contribution >= 0.6 is 0 Å². The minimum absolute atomic E-state index is 0.102. The van der Waals surface area contributed by atoms with Crippen molar-refractivity contribution >= 4 is 11.7 Å². The number of unbranched alkanes of at least 4 members (excludes halogenated alkanes) is 5. The number of allylic oxidation sites excluding steroid dienone is 1. The molecule has 13 heteroatoms. The number of aliphatic hydroxyl groups excluding tert-OH is 1. The van der Waals surface area contributed by atoms with Crippen LogP contribution in [0.4, 0.5) is 0 Å². The van der Waals surface area contributed by atoms with E-state index < -0.39 is 42.2 Å². The van der Waals surface area contributed by atoms with Crippen molar-refractivity contribution in [2.75, 3.05) is 13.2 Å². The molecule has 0 aromatic heterocycles. The van der Waals surface area contributed by atoms with E-state index in [4.69, 9.17) is 15.2 Å². The van der Waals surface area contributed by atoms with Gasteiger partial charge < -0.3 is 25.5 Å². The number of rotatable bonds is 20. The third-order valence-corrected chi connectivity index (χ3v) is 6.22. The molecule has 5 unspecified atom stereocenters. The molecule has 1 aliphatic carbocycles. The second-order valence-electron chi connectivity index (χ2n) is 9.07. The Morgan fingerprint density at radius 3 is 2.39 bits per heavy atom. The number of nitrogens with zero attached hydrogens (tertiary/aromatic N) is 1. The number of quaternary nitrogens is 2. The Bertz CT molecular complexity index is 636. The topological polar surface area (TPSA) is 193 Å². The highest BCUT2D eigenvalue weighted by Gasteiger charge is 2.31. The van der Waals surface area contributed by atoms with Gasteiger partial charge in [-0.3, -0.25) is 4.79 Å². The van der Waals surface area contributed by atoms with Crippen LogP contribution in [0.1, 0.15) is 84.0 Å². The van der Waals surface area contributed by atoms with Crippen molar-refractivity contribution in [2.24, 2.45) is 17.0 Å². The maximum absolute atomic E-state index is 12.0. The zero-order valence-electron chi connectivity index (χ0n) is 21.0. The van der Waals surface area contributed by atoms with Crippen molar-refractivity contribution in [3.63, 3.8) is 0 Å². The van der Waals surface area contributed by atoms with Gasteiger partial charge in [-0.25, -0.2) is 0 Å². The van der Waals surface area contributed by atoms with E-state index >= 15 is 0 Å². The summed E-state index contributed by atoms with van der Waals surface area (Å²) in [5, 5.41) is 58.0. The number of ether oxygens (including phenoxy) is 1. The summed E-state index contributed by atoms with van der Waals surface area (Å²) in [6.07, 6.45) is 12.0. The number of oxime groups is 1. The molecule has 0 bridgehead atoms. The number of carbonyl (C=O) groups excluding carboxylic acids is 1. The van der Waals surface area contributed by atoms with Crippen molar-refractivity contribution in [3.05, 3.63) is 22.6 Å². The third-order valence-electron chi connectivity index (χ3n) is 6.22. The summed E-state index contributed by atoms with van der Waals surface area (Å²) >= 11 is 0. The second kappa shape index (κ2) is 19.4. The highest BCUT2D eigenvalue weighted by molar-refractivity contribution is 5.88. The van der Waals surface area contributed by atoms with Crippen LogP contribution in [-0.4, -0.2) is 57.8 Å². The van der Waals surface area contributed by atoms with Gasteiger partial charge in [0.05, 0.1) is 11.8 Å². The van der Waals surface area contributed by atoms with E-state index in [1.165, 1.54) is 0 Å². The molecule has 1 rings (SSSR count). The summed E-state index contributed by atoms with van der Waals surface area (Å²) < 4.78 is 5.07. The molecule has 0 heterocycles. The van der Waals surface area contributed by atoms with Crippen molar-refractivity contribution < 1.29 is 50.7 Å². The SMILES string of the molecule is CCCCCC(O)C=CC1CCC(=NO)C1CCCCCCC(=O)OC(CO[NH+]([O-])O)CO[NH+]([O-])O. The number of carbonyl (C=O) groups is 1. The molecule has 1 fully saturated rings. The molecule has 1 aliphatic rings. The fraction of sp³-hybridized carbons (Fsp3) is 0.826. The van der Waals surface area contributed by atoms with Crippen LogP contribution in [0.25, 0.3) is 0 Å². The predicted octanol–water partition coefficient (Wildman–Crippen LogP) is 1.000. The van der Waals surface area contributed by atoms with Crippen molar-refractivity contribution in [1.82, 2.24) is 0 Å². The number of nitrogens with one attached hydrogen (secondary N) is 2. The molecular weight excluding hydrogens is 478 g/mol. The van der Waals surface area contributed by atoms with Crippen LogP contribution in [0.2, 0.25) is 0 Å². The molecule has 0 aliphatic heterocycles. The molecule has 1 saturated carbocycles. The van der Waals surface area contributed by atoms with Gasteiger partial charge in [0.2, 0.25) is 0 Å². The van der Waals surface area contributed by atoms with Crippen LogP contribution in [-0.2, 0) is 19.2 Å². The molecule has 0 aromatic rings. The molecule has 6 N–H and O–H groups in total. The maximum atomic E-state index is 12.0. The van der Waals surface area contributed by atoms with E-state index in [2.05, 4.69) is 27.8 Å². The van der Waals surface area contributed by atoms with Gasteiger partial charge in [-0.2, -0.15) is 20.1 Å². The first-order valence-corrected chi connectivity index (χ1v) is 12.7. The van der Waals surface area contributed by atoms with Gasteiger partial charge in [0, 0.05) is 12.3 Å². The quantitative estimate of drug-likeness (QED) is 0.0442. The highest BCUT2D eigenvalue weighted by atomic mass is 17.1. The summed E-state index contributed by atoms with van der Waals surface area (Å²) in [6.45, 7) is 1.09. The van der Waals surface area contributed by atoms with Crippen molar-refractivity contribution in [2.45, 2.75) is 96.2 Å². The standard InChI is InChI=1S/C23H43N3O10/c1-2-3-6-9-19(27)14-12-18-13-15-22(24-29)21(18)10-7-4-5-8-11-23(28)36-20(16-34-25(30)31)17-35-26(32)33/h12,14,18-21,25-27,29-30,32H,2-11,13,15-17H2,1H3. The predicted molar refractivity (Wildman–Crippen MR) is 126 cm³/mol. The van der Waals surface area contributed by atoms with Crippen LogP contribution in [0.15, 0.2) is 17.3 Å². The summed E-state index contributed by atoms with van der Waals surface area (Å²) in [7, 11) is 0. The Kier molecular flexibility index (Phi) is 17.5. The Morgan fingerprint density at radius 2 is 1.78 bits per heavy atom. The fourth-order valence-corrected chi connectivity index (χ4v) is 4.33. The van der Waals surface area contributed by atoms with E-state index in [9.17, 15) is 25.5 Å². The largest absolute Gasteiger partial charge is 0.566 e. The average Bonchev–Trinajstić information content (AvgIpc) is 3.23. The molecule has 0 saturated heterocycles. The first-order chi connectivity index (χ1) is 17.3. The van der Waals surface area contributed by atoms with E-state index in [1.807, 2.05) is 6.08 Å². The minimum atomic E-state index is -1.57. The molecule has 0 radical (unpaired) electrons. The van der Waals surface area contributed by atoms with Crippen molar-refractivity contribution in [1.29, 1.82) is 0 Å². The van der Waals surface area contributed by atoms with E-state index in [0.717, 1.165) is 69.9 Å². The lowest BCUT2D eigenvalue weighted by molar-refractivity contribution is -1.21. The van der Waals surface area contributed by atoms with Crippen molar-refractivity contribution in [3.8, 4) is 0 Å². The lowest BCUT2D eigenvalue weighted by Gasteiger charge is -2.19. The molecular formula is C23H43N3O10. The molecule has 0 spiro atoms. The van der Waals surface area contributed by atoms with Crippen LogP contribution in [0, 0.1) is 22.3 Å². The maximum Gasteiger partial charge on any atom is 0.306 e. The fourth-order valence-electron chi connectivity index (χ4n) is 4.33. The molecule has 0 amide bonds. The Hall–Kier alpha value is -1.68. The zero-order valence-corrected chi connectivity index (χ0v) is 21.0. The summed E-state index contributed by atoms with van der Waals surface area (Å²) in [5.41, 5.74) is 0.798. The summed E-state index contributed by atoms with van der Waals surface area (Å²) in [6, 6.07) is 0. The van der Waals surface area contributed by atoms with E-state index in [-0.39, 0.29) is 18.3 Å². The van der Waals surface area contributed by atoms with Gasteiger partial charge in [-0.1, -0.05) is 73.5 Å². The smallest absolute Gasteiger partial charge is 0.306 e. The minimum Gasteiger partial charge on any atom is -0.566 e. The van der Waals surface area contributed by atoms with Gasteiger partial charge in [0.25, 0.3) is 0 Å². The number of aliphatic hydroxyl groups is 1. The van der Waals surface area contributed by atoms with Gasteiger partial charge >= 0.3 is 5.97 Å². The molecule has 210 valence electrons. The molecule has 5 atom stereocenters. The first-order valence-electron chi connectivity index (χ1n) is 12.7. The highest BCUT2D eigenvalue weighted by Crippen LogP contribution is 2.35. The van der Waals surface area contributed by atoms with Gasteiger partial charge in [-0.15, -0.1) is 0 Å². The monoisotopic (exact) mass is 521 g/mol. The Balaban J connectivity index is 2.34. The van der Waals surface area contributed by atoms with Gasteiger partial charge in [0.15, 0.2) is 19.3 Å². The lowest BCUT2D eigenvalue weighted by atomic mass is 9.89. The number of hydrogen-bond donors (Lipinski definition) is 6. The summed E-state index contributed by atoms with van der Waals surface area (Å²) in [4.78, 5) is 20.7. The summed E-state index contributed by atoms with van der Waals surface area (Å²) in [5.74, 6) is -0.205. The number of hydrogen-bond acceptors (Lipinski definition) is 11. The van der Waals surface area contributed by atoms with Crippen LogP contribution in [0.5, 0.6) is 0 Å². The van der Waals surface area contributed by atoms with Crippen LogP contribution in [0.3, 0.4) is 0 Å². The Morgan fingerprint density at radius 1 is 1.11 bits per heavy atom. The van der Waals surface area contributed by atoms with E-state index in [1.54, 1.807) is 0 Å². The average molecular weight is 522 g/mol. The van der Waals surface area contributed by atoms with E-state index in [0.29, 0.717) is 6.42 Å². The molecule has 36 heavy (non-hydrogen) atoms. The van der Waals surface area contributed by atoms with Gasteiger partial charge in [0.1, 0.15) is 0 Å². The Labute approximate surface area is 211 Å². The normalized spacial score (nSPS) is 22.7. The van der Waals surface area contributed by atoms with Gasteiger partial charge in [-0.05, 0) is 38.0 Å². The lowest BCUT2D eigenvalue weighted by Crippen LogP contribution is -3.04. The zero-order chi connectivity index (χ0) is 26.8. The molecule has 0 aromatic carbocycles. The first kappa shape index (κ1) is 32.3. The second-order valence-corrected chi connectivity index (χ2v) is 9.07. The van der Waals surface area contributed by atoms with Crippen LogP contribution < -0.4 is 10.8 Å². The number of esters is 1.